The van der Waals surface area contributed by atoms with Crippen molar-refractivity contribution in [2.75, 3.05) is 6.79 Å². The zero-order valence-electron chi connectivity index (χ0n) is 8.92. The summed E-state index contributed by atoms with van der Waals surface area (Å²) in [6, 6.07) is 7.23. The van der Waals surface area contributed by atoms with Gasteiger partial charge in [0, 0.05) is 23.5 Å². The molecule has 0 radical (unpaired) electrons. The van der Waals surface area contributed by atoms with E-state index in [4.69, 9.17) is 9.47 Å². The molecule has 0 spiro atoms. The van der Waals surface area contributed by atoms with E-state index in [1.165, 1.54) is 0 Å². The van der Waals surface area contributed by atoms with E-state index in [1.54, 1.807) is 18.5 Å². The van der Waals surface area contributed by atoms with Crippen molar-refractivity contribution in [3.05, 3.63) is 42.2 Å². The predicted octanol–water partition coefficient (Wildman–Crippen LogP) is 2.29. The molecule has 0 saturated heterocycles. The number of fused-ring (bicyclic) bond motifs is 1. The van der Waals surface area contributed by atoms with E-state index in [0.717, 1.165) is 17.4 Å². The van der Waals surface area contributed by atoms with Crippen molar-refractivity contribution in [1.82, 2.24) is 4.98 Å². The van der Waals surface area contributed by atoms with Gasteiger partial charge in [0.1, 0.15) is 0 Å². The minimum Gasteiger partial charge on any atom is -0.454 e. The van der Waals surface area contributed by atoms with Gasteiger partial charge in [-0.2, -0.15) is 0 Å². The molecule has 2 aromatic rings. The molecule has 0 fully saturated rings. The number of hydrogen-bond acceptors (Lipinski definition) is 4. The number of carbonyl (C=O) groups is 1. The van der Waals surface area contributed by atoms with Crippen LogP contribution in [0.3, 0.4) is 0 Å². The molecule has 4 nitrogen and oxygen atoms in total. The summed E-state index contributed by atoms with van der Waals surface area (Å²) in [5, 5.41) is 0. The summed E-state index contributed by atoms with van der Waals surface area (Å²) in [4.78, 5) is 15.1. The number of benzene rings is 1. The summed E-state index contributed by atoms with van der Waals surface area (Å²) >= 11 is 0. The summed E-state index contributed by atoms with van der Waals surface area (Å²) in [7, 11) is 0. The zero-order valence-corrected chi connectivity index (χ0v) is 8.92. The highest BCUT2D eigenvalue weighted by Crippen LogP contribution is 2.37. The monoisotopic (exact) mass is 227 g/mol. The van der Waals surface area contributed by atoms with Crippen molar-refractivity contribution in [3.8, 4) is 22.6 Å². The SMILES string of the molecule is O=Cc1cc2c(cc1-c1cccnc1)OCO2. The van der Waals surface area contributed by atoms with Crippen molar-refractivity contribution in [1.29, 1.82) is 0 Å². The van der Waals surface area contributed by atoms with Crippen molar-refractivity contribution in [2.24, 2.45) is 0 Å². The topological polar surface area (TPSA) is 48.4 Å². The van der Waals surface area contributed by atoms with Crippen molar-refractivity contribution in [2.45, 2.75) is 0 Å². The standard InChI is InChI=1S/C13H9NO3/c15-7-10-4-12-13(17-8-16-12)5-11(10)9-2-1-3-14-6-9/h1-7H,8H2. The van der Waals surface area contributed by atoms with E-state index in [1.807, 2.05) is 18.2 Å². The van der Waals surface area contributed by atoms with Crippen LogP contribution in [0.4, 0.5) is 0 Å². The molecule has 0 bridgehead atoms. The molecule has 0 unspecified atom stereocenters. The maximum Gasteiger partial charge on any atom is 0.231 e. The van der Waals surface area contributed by atoms with Crippen molar-refractivity contribution >= 4 is 6.29 Å². The van der Waals surface area contributed by atoms with Gasteiger partial charge in [0.15, 0.2) is 17.8 Å². The molecule has 4 heteroatoms. The number of ether oxygens (including phenoxy) is 2. The third-order valence-corrected chi connectivity index (χ3v) is 2.64. The van der Waals surface area contributed by atoms with Gasteiger partial charge in [0.05, 0.1) is 0 Å². The molecule has 3 rings (SSSR count). The molecule has 84 valence electrons. The molecular weight excluding hydrogens is 218 g/mol. The number of carbonyl (C=O) groups excluding carboxylic acids is 1. The third kappa shape index (κ3) is 1.63. The smallest absolute Gasteiger partial charge is 0.231 e. The Labute approximate surface area is 97.8 Å². The highest BCUT2D eigenvalue weighted by atomic mass is 16.7. The number of rotatable bonds is 2. The van der Waals surface area contributed by atoms with Crippen LogP contribution < -0.4 is 9.47 Å². The lowest BCUT2D eigenvalue weighted by atomic mass is 10.0. The minimum atomic E-state index is 0.199. The lowest BCUT2D eigenvalue weighted by Crippen LogP contribution is -1.92. The Bertz CT molecular complexity index is 566. The number of hydrogen-bond donors (Lipinski definition) is 0. The van der Waals surface area contributed by atoms with Crippen molar-refractivity contribution in [3.63, 3.8) is 0 Å². The van der Waals surface area contributed by atoms with Gasteiger partial charge in [0.2, 0.25) is 6.79 Å². The molecule has 1 aromatic carbocycles. The molecule has 0 saturated carbocycles. The van der Waals surface area contributed by atoms with Crippen LogP contribution >= 0.6 is 0 Å². The Kier molecular flexibility index (Phi) is 2.26. The zero-order chi connectivity index (χ0) is 11.7. The van der Waals surface area contributed by atoms with Gasteiger partial charge in [-0.25, -0.2) is 0 Å². The summed E-state index contributed by atoms with van der Waals surface area (Å²) in [6.07, 6.45) is 4.21. The lowest BCUT2D eigenvalue weighted by molar-refractivity contribution is 0.112. The number of aldehydes is 1. The van der Waals surface area contributed by atoms with Gasteiger partial charge in [-0.05, 0) is 23.8 Å². The Balaban J connectivity index is 2.19. The van der Waals surface area contributed by atoms with Gasteiger partial charge in [-0.15, -0.1) is 0 Å². The molecular formula is C13H9NO3. The van der Waals surface area contributed by atoms with Crippen molar-refractivity contribution < 1.29 is 14.3 Å². The summed E-state index contributed by atoms with van der Waals surface area (Å²) in [5.74, 6) is 1.27. The van der Waals surface area contributed by atoms with Crippen LogP contribution in [0.2, 0.25) is 0 Å². The minimum absolute atomic E-state index is 0.199. The van der Waals surface area contributed by atoms with E-state index in [9.17, 15) is 4.79 Å². The molecule has 1 aliphatic rings. The summed E-state index contributed by atoms with van der Waals surface area (Å²) in [6.45, 7) is 0.199. The van der Waals surface area contributed by atoms with E-state index in [2.05, 4.69) is 4.98 Å². The molecule has 0 amide bonds. The second-order valence-electron chi connectivity index (χ2n) is 3.65. The maximum atomic E-state index is 11.1. The van der Waals surface area contributed by atoms with Gasteiger partial charge in [-0.1, -0.05) is 6.07 Å². The van der Waals surface area contributed by atoms with Crippen LogP contribution in [0, 0.1) is 0 Å². The van der Waals surface area contributed by atoms with Crippen LogP contribution in [-0.4, -0.2) is 18.1 Å². The summed E-state index contributed by atoms with van der Waals surface area (Å²) in [5.41, 5.74) is 2.26. The fourth-order valence-corrected chi connectivity index (χ4v) is 1.83. The Morgan fingerprint density at radius 1 is 1.24 bits per heavy atom. The van der Waals surface area contributed by atoms with Crippen LogP contribution in [0.15, 0.2) is 36.7 Å². The van der Waals surface area contributed by atoms with Gasteiger partial charge >= 0.3 is 0 Å². The molecule has 0 N–H and O–H groups in total. The molecule has 0 atom stereocenters. The molecule has 2 heterocycles. The lowest BCUT2D eigenvalue weighted by Gasteiger charge is -2.06. The van der Waals surface area contributed by atoms with E-state index in [-0.39, 0.29) is 6.79 Å². The van der Waals surface area contributed by atoms with E-state index in [0.29, 0.717) is 17.1 Å². The molecule has 1 aromatic heterocycles. The second-order valence-corrected chi connectivity index (χ2v) is 3.65. The Hall–Kier alpha value is -2.36. The highest BCUT2D eigenvalue weighted by molar-refractivity contribution is 5.89. The fourth-order valence-electron chi connectivity index (χ4n) is 1.83. The Morgan fingerprint density at radius 3 is 2.76 bits per heavy atom. The van der Waals surface area contributed by atoms with Gasteiger partial charge < -0.3 is 9.47 Å². The first-order chi connectivity index (χ1) is 8.38. The summed E-state index contributed by atoms with van der Waals surface area (Å²) < 4.78 is 10.5. The average molecular weight is 227 g/mol. The molecule has 17 heavy (non-hydrogen) atoms. The number of aromatic nitrogens is 1. The Morgan fingerprint density at radius 2 is 2.06 bits per heavy atom. The number of nitrogens with zero attached hydrogens (tertiary/aromatic N) is 1. The average Bonchev–Trinajstić information content (AvgIpc) is 2.85. The molecule has 0 aliphatic carbocycles. The van der Waals surface area contributed by atoms with E-state index >= 15 is 0 Å². The highest BCUT2D eigenvalue weighted by Gasteiger charge is 2.17. The van der Waals surface area contributed by atoms with Crippen LogP contribution in [0.1, 0.15) is 10.4 Å². The number of pyridine rings is 1. The first-order valence-electron chi connectivity index (χ1n) is 5.18. The van der Waals surface area contributed by atoms with Gasteiger partial charge in [0.25, 0.3) is 0 Å². The second kappa shape index (κ2) is 3.90. The van der Waals surface area contributed by atoms with E-state index < -0.39 is 0 Å². The van der Waals surface area contributed by atoms with Crippen LogP contribution in [0.5, 0.6) is 11.5 Å². The predicted molar refractivity (Wildman–Crippen MR) is 61.2 cm³/mol. The van der Waals surface area contributed by atoms with Crippen LogP contribution in [0.25, 0.3) is 11.1 Å². The fraction of sp³-hybridized carbons (Fsp3) is 0.0769. The first kappa shape index (κ1) is 9.84. The third-order valence-electron chi connectivity index (χ3n) is 2.64. The maximum absolute atomic E-state index is 11.1. The first-order valence-corrected chi connectivity index (χ1v) is 5.18. The quantitative estimate of drug-likeness (QED) is 0.738. The largest absolute Gasteiger partial charge is 0.454 e. The van der Waals surface area contributed by atoms with Crippen LogP contribution in [-0.2, 0) is 0 Å². The molecule has 1 aliphatic heterocycles. The van der Waals surface area contributed by atoms with Gasteiger partial charge in [-0.3, -0.25) is 9.78 Å². The normalized spacial score (nSPS) is 12.5.